The number of benzene rings is 1. The number of anilines is 2. The molecule has 1 unspecified atom stereocenters. The monoisotopic (exact) mass is 290 g/mol. The summed E-state index contributed by atoms with van der Waals surface area (Å²) in [6, 6.07) is 7.76. The van der Waals surface area contributed by atoms with Crippen molar-refractivity contribution >= 4 is 17.3 Å². The SMILES string of the molecule is CCC1CN(C)CCCN1CC(=O)Nc1cccc(N)c1. The van der Waals surface area contributed by atoms with Crippen molar-refractivity contribution in [3.8, 4) is 0 Å². The summed E-state index contributed by atoms with van der Waals surface area (Å²) >= 11 is 0. The van der Waals surface area contributed by atoms with Crippen molar-refractivity contribution in [2.45, 2.75) is 25.8 Å². The van der Waals surface area contributed by atoms with E-state index < -0.39 is 0 Å². The second-order valence-corrected chi connectivity index (χ2v) is 5.82. The summed E-state index contributed by atoms with van der Waals surface area (Å²) in [4.78, 5) is 16.9. The summed E-state index contributed by atoms with van der Waals surface area (Å²) in [5.74, 6) is 0.0311. The van der Waals surface area contributed by atoms with Crippen LogP contribution in [0.5, 0.6) is 0 Å². The van der Waals surface area contributed by atoms with E-state index in [1.165, 1.54) is 0 Å². The molecule has 5 heteroatoms. The fourth-order valence-corrected chi connectivity index (χ4v) is 2.89. The first-order valence-corrected chi connectivity index (χ1v) is 7.66. The standard InChI is InChI=1S/C16H26N4O/c1-3-15-11-19(2)8-5-9-20(15)12-16(21)18-14-7-4-6-13(17)10-14/h4,6-7,10,15H,3,5,8-9,11-12,17H2,1-2H3,(H,18,21). The van der Waals surface area contributed by atoms with Gasteiger partial charge in [-0.05, 0) is 44.6 Å². The van der Waals surface area contributed by atoms with E-state index in [-0.39, 0.29) is 5.91 Å². The minimum Gasteiger partial charge on any atom is -0.399 e. The first-order chi connectivity index (χ1) is 10.1. The molecule has 1 aromatic rings. The van der Waals surface area contributed by atoms with E-state index in [1.807, 2.05) is 18.2 Å². The van der Waals surface area contributed by atoms with Crippen molar-refractivity contribution in [1.82, 2.24) is 9.80 Å². The van der Waals surface area contributed by atoms with Crippen LogP contribution in [0.25, 0.3) is 0 Å². The van der Waals surface area contributed by atoms with Crippen LogP contribution in [0.3, 0.4) is 0 Å². The largest absolute Gasteiger partial charge is 0.399 e. The molecule has 0 aliphatic carbocycles. The Morgan fingerprint density at radius 3 is 2.95 bits per heavy atom. The van der Waals surface area contributed by atoms with E-state index in [2.05, 4.69) is 29.1 Å². The van der Waals surface area contributed by atoms with Crippen LogP contribution >= 0.6 is 0 Å². The number of nitrogens with zero attached hydrogens (tertiary/aromatic N) is 2. The number of likely N-dealkylation sites (N-methyl/N-ethyl adjacent to an activating group) is 1. The fourth-order valence-electron chi connectivity index (χ4n) is 2.89. The highest BCUT2D eigenvalue weighted by Crippen LogP contribution is 2.14. The van der Waals surface area contributed by atoms with Crippen molar-refractivity contribution in [2.24, 2.45) is 0 Å². The smallest absolute Gasteiger partial charge is 0.238 e. The normalized spacial score (nSPS) is 21.0. The molecule has 0 radical (unpaired) electrons. The average molecular weight is 290 g/mol. The second kappa shape index (κ2) is 7.43. The van der Waals surface area contributed by atoms with E-state index >= 15 is 0 Å². The van der Waals surface area contributed by atoms with Gasteiger partial charge in [-0.2, -0.15) is 0 Å². The minimum atomic E-state index is 0.0311. The lowest BCUT2D eigenvalue weighted by Gasteiger charge is -2.29. The van der Waals surface area contributed by atoms with Crippen molar-refractivity contribution in [3.63, 3.8) is 0 Å². The van der Waals surface area contributed by atoms with Crippen molar-refractivity contribution < 1.29 is 4.79 Å². The lowest BCUT2D eigenvalue weighted by Crippen LogP contribution is -2.43. The molecule has 21 heavy (non-hydrogen) atoms. The molecule has 0 aromatic heterocycles. The van der Waals surface area contributed by atoms with Crippen LogP contribution in [0.4, 0.5) is 11.4 Å². The van der Waals surface area contributed by atoms with Gasteiger partial charge in [-0.25, -0.2) is 0 Å². The highest BCUT2D eigenvalue weighted by molar-refractivity contribution is 5.92. The van der Waals surface area contributed by atoms with Crippen molar-refractivity contribution in [1.29, 1.82) is 0 Å². The molecule has 1 amide bonds. The van der Waals surface area contributed by atoms with Crippen LogP contribution in [0.15, 0.2) is 24.3 Å². The van der Waals surface area contributed by atoms with Crippen LogP contribution in [-0.4, -0.2) is 55.0 Å². The number of nitrogen functional groups attached to an aromatic ring is 1. The zero-order valence-corrected chi connectivity index (χ0v) is 13.0. The zero-order chi connectivity index (χ0) is 15.2. The quantitative estimate of drug-likeness (QED) is 0.827. The van der Waals surface area contributed by atoms with Crippen LogP contribution in [0.1, 0.15) is 19.8 Å². The molecule has 1 aromatic carbocycles. The number of carbonyl (C=O) groups is 1. The Morgan fingerprint density at radius 2 is 2.24 bits per heavy atom. The molecular formula is C16H26N4O. The Morgan fingerprint density at radius 1 is 1.43 bits per heavy atom. The molecule has 1 aliphatic heterocycles. The third-order valence-corrected chi connectivity index (χ3v) is 4.01. The molecular weight excluding hydrogens is 264 g/mol. The minimum absolute atomic E-state index is 0.0311. The third kappa shape index (κ3) is 4.72. The topological polar surface area (TPSA) is 61.6 Å². The summed E-state index contributed by atoms with van der Waals surface area (Å²) in [5, 5.41) is 2.93. The van der Waals surface area contributed by atoms with Crippen molar-refractivity contribution in [2.75, 3.05) is 44.3 Å². The maximum absolute atomic E-state index is 12.2. The van der Waals surface area contributed by atoms with Crippen LogP contribution in [-0.2, 0) is 4.79 Å². The first-order valence-electron chi connectivity index (χ1n) is 7.66. The molecule has 0 bridgehead atoms. The molecule has 116 valence electrons. The predicted octanol–water partition coefficient (Wildman–Crippen LogP) is 1.62. The van der Waals surface area contributed by atoms with Gasteiger partial charge in [-0.3, -0.25) is 9.69 Å². The lowest BCUT2D eigenvalue weighted by atomic mass is 10.2. The molecule has 2 rings (SSSR count). The summed E-state index contributed by atoms with van der Waals surface area (Å²) in [5.41, 5.74) is 7.16. The number of nitrogens with one attached hydrogen (secondary N) is 1. The fraction of sp³-hybridized carbons (Fsp3) is 0.562. The van der Waals surface area contributed by atoms with Gasteiger partial charge in [-0.15, -0.1) is 0 Å². The molecule has 1 aliphatic rings. The third-order valence-electron chi connectivity index (χ3n) is 4.01. The number of rotatable bonds is 4. The van der Waals surface area contributed by atoms with Gasteiger partial charge in [-0.1, -0.05) is 13.0 Å². The summed E-state index contributed by atoms with van der Waals surface area (Å²) < 4.78 is 0. The number of amides is 1. The maximum atomic E-state index is 12.2. The van der Waals surface area contributed by atoms with E-state index in [0.717, 1.165) is 38.2 Å². The molecule has 5 nitrogen and oxygen atoms in total. The number of nitrogens with two attached hydrogens (primary N) is 1. The van der Waals surface area contributed by atoms with Gasteiger partial charge in [0.2, 0.25) is 5.91 Å². The van der Waals surface area contributed by atoms with E-state index in [4.69, 9.17) is 5.73 Å². The Kier molecular flexibility index (Phi) is 5.59. The Balaban J connectivity index is 1.94. The summed E-state index contributed by atoms with van der Waals surface area (Å²) in [7, 11) is 2.15. The van der Waals surface area contributed by atoms with E-state index in [0.29, 0.717) is 18.3 Å². The molecule has 1 atom stereocenters. The number of carbonyl (C=O) groups excluding carboxylic acids is 1. The average Bonchev–Trinajstić information content (AvgIpc) is 2.60. The predicted molar refractivity (Wildman–Crippen MR) is 87.3 cm³/mol. The molecule has 1 saturated heterocycles. The van der Waals surface area contributed by atoms with Crippen LogP contribution in [0.2, 0.25) is 0 Å². The van der Waals surface area contributed by atoms with Gasteiger partial charge in [0.1, 0.15) is 0 Å². The lowest BCUT2D eigenvalue weighted by molar-refractivity contribution is -0.117. The molecule has 0 spiro atoms. The number of hydrogen-bond donors (Lipinski definition) is 2. The number of hydrogen-bond acceptors (Lipinski definition) is 4. The first kappa shape index (κ1) is 15.8. The Bertz CT molecular complexity index is 477. The Labute approximate surface area is 127 Å². The molecule has 0 saturated carbocycles. The van der Waals surface area contributed by atoms with E-state index in [9.17, 15) is 4.79 Å². The van der Waals surface area contributed by atoms with Gasteiger partial charge in [0.05, 0.1) is 6.54 Å². The van der Waals surface area contributed by atoms with Crippen LogP contribution < -0.4 is 11.1 Å². The second-order valence-electron chi connectivity index (χ2n) is 5.82. The van der Waals surface area contributed by atoms with Gasteiger partial charge in [0.15, 0.2) is 0 Å². The molecule has 3 N–H and O–H groups in total. The summed E-state index contributed by atoms with van der Waals surface area (Å²) in [6.07, 6.45) is 2.18. The maximum Gasteiger partial charge on any atom is 0.238 e. The highest BCUT2D eigenvalue weighted by atomic mass is 16.2. The highest BCUT2D eigenvalue weighted by Gasteiger charge is 2.23. The molecule has 1 heterocycles. The van der Waals surface area contributed by atoms with E-state index in [1.54, 1.807) is 6.07 Å². The van der Waals surface area contributed by atoms with Gasteiger partial charge < -0.3 is 16.0 Å². The van der Waals surface area contributed by atoms with Crippen molar-refractivity contribution in [3.05, 3.63) is 24.3 Å². The Hall–Kier alpha value is -1.59. The molecule has 1 fully saturated rings. The van der Waals surface area contributed by atoms with Crippen LogP contribution in [0, 0.1) is 0 Å². The van der Waals surface area contributed by atoms with Gasteiger partial charge in [0.25, 0.3) is 0 Å². The van der Waals surface area contributed by atoms with Gasteiger partial charge >= 0.3 is 0 Å². The summed E-state index contributed by atoms with van der Waals surface area (Å²) in [6.45, 7) is 5.74. The van der Waals surface area contributed by atoms with Gasteiger partial charge in [0, 0.05) is 30.5 Å². The zero-order valence-electron chi connectivity index (χ0n) is 13.0.